The van der Waals surface area contributed by atoms with Gasteiger partial charge in [0, 0.05) is 39.3 Å². The first-order chi connectivity index (χ1) is 13.1. The molecule has 1 fully saturated rings. The third kappa shape index (κ3) is 3.63. The molecule has 2 heterocycles. The molecule has 0 aromatic heterocycles. The Bertz CT molecular complexity index is 922. The highest BCUT2D eigenvalue weighted by molar-refractivity contribution is 7.90. The van der Waals surface area contributed by atoms with E-state index in [9.17, 15) is 13.2 Å². The van der Waals surface area contributed by atoms with Crippen molar-refractivity contribution in [3.8, 4) is 0 Å². The Balaban J connectivity index is 1.31. The molecule has 1 saturated heterocycles. The molecule has 2 aromatic rings. The predicted octanol–water partition coefficient (Wildman–Crippen LogP) is 1.65. The number of carbonyl (C=O) groups excluding carboxylic acids is 1. The van der Waals surface area contributed by atoms with Crippen LogP contribution in [0, 0.1) is 0 Å². The number of hydrogen-bond acceptors (Lipinski definition) is 5. The fourth-order valence-corrected chi connectivity index (χ4v) is 5.26. The predicted molar refractivity (Wildman–Crippen MR) is 103 cm³/mol. The van der Waals surface area contributed by atoms with Gasteiger partial charge in [-0.25, -0.2) is 12.7 Å². The minimum absolute atomic E-state index is 0.127. The zero-order chi connectivity index (χ0) is 18.9. The van der Waals surface area contributed by atoms with E-state index >= 15 is 0 Å². The first-order valence-corrected chi connectivity index (χ1v) is 10.6. The van der Waals surface area contributed by atoms with E-state index < -0.39 is 15.9 Å². The normalized spacial score (nSPS) is 20.0. The molecule has 0 saturated carbocycles. The van der Waals surface area contributed by atoms with Crippen LogP contribution in [-0.2, 0) is 16.6 Å². The van der Waals surface area contributed by atoms with Crippen molar-refractivity contribution in [1.82, 2.24) is 14.1 Å². The zero-order valence-electron chi connectivity index (χ0n) is 15.1. The number of fused-ring (bicyclic) bond motifs is 1. The second-order valence-electron chi connectivity index (χ2n) is 6.98. The lowest BCUT2D eigenvalue weighted by molar-refractivity contribution is 0.0836. The van der Waals surface area contributed by atoms with Gasteiger partial charge in [0.25, 0.3) is 15.9 Å². The molecule has 2 aliphatic heterocycles. The molecule has 2 aromatic carbocycles. The molecular weight excluding hydrogens is 362 g/mol. The van der Waals surface area contributed by atoms with Gasteiger partial charge < -0.3 is 0 Å². The number of benzene rings is 2. The van der Waals surface area contributed by atoms with Gasteiger partial charge in [-0.1, -0.05) is 42.5 Å². The molecule has 0 radical (unpaired) electrons. The topological polar surface area (TPSA) is 60.9 Å². The Kier molecular flexibility index (Phi) is 4.99. The molecule has 6 nitrogen and oxygen atoms in total. The van der Waals surface area contributed by atoms with E-state index in [1.165, 1.54) is 11.6 Å². The average molecular weight is 385 g/mol. The number of nitrogens with zero attached hydrogens (tertiary/aromatic N) is 3. The standard InChI is InChI=1S/C20H23N3O3S/c24-20-18-8-4-5-9-19(18)27(25,26)23(20)15-14-21-10-12-22(13-11-21)16-17-6-2-1-3-7-17/h1-9H,10-16H2. The molecule has 0 bridgehead atoms. The van der Waals surface area contributed by atoms with Crippen molar-refractivity contribution in [2.24, 2.45) is 0 Å². The quantitative estimate of drug-likeness (QED) is 0.783. The fourth-order valence-electron chi connectivity index (χ4n) is 3.70. The van der Waals surface area contributed by atoms with Crippen LogP contribution in [0.15, 0.2) is 59.5 Å². The molecule has 1 amide bonds. The van der Waals surface area contributed by atoms with Crippen molar-refractivity contribution in [2.45, 2.75) is 11.4 Å². The second kappa shape index (κ2) is 7.42. The van der Waals surface area contributed by atoms with E-state index in [-0.39, 0.29) is 17.0 Å². The van der Waals surface area contributed by atoms with Crippen LogP contribution in [0.1, 0.15) is 15.9 Å². The van der Waals surface area contributed by atoms with Crippen LogP contribution >= 0.6 is 0 Å². The monoisotopic (exact) mass is 385 g/mol. The van der Waals surface area contributed by atoms with Crippen LogP contribution < -0.4 is 0 Å². The van der Waals surface area contributed by atoms with Crippen LogP contribution in [0.4, 0.5) is 0 Å². The molecular formula is C20H23N3O3S. The van der Waals surface area contributed by atoms with Crippen LogP contribution in [0.25, 0.3) is 0 Å². The third-order valence-corrected chi connectivity index (χ3v) is 7.09. The minimum Gasteiger partial charge on any atom is -0.299 e. The largest absolute Gasteiger partial charge is 0.299 e. The first kappa shape index (κ1) is 18.2. The number of hydrogen-bond donors (Lipinski definition) is 0. The van der Waals surface area contributed by atoms with Gasteiger partial charge in [0.2, 0.25) is 0 Å². The molecule has 7 heteroatoms. The van der Waals surface area contributed by atoms with Crippen molar-refractivity contribution in [1.29, 1.82) is 0 Å². The molecule has 0 unspecified atom stereocenters. The van der Waals surface area contributed by atoms with E-state index in [0.717, 1.165) is 37.0 Å². The van der Waals surface area contributed by atoms with Crippen LogP contribution in [0.2, 0.25) is 0 Å². The lowest BCUT2D eigenvalue weighted by atomic mass is 10.2. The number of rotatable bonds is 5. The highest BCUT2D eigenvalue weighted by Gasteiger charge is 2.40. The molecule has 0 spiro atoms. The average Bonchev–Trinajstić information content (AvgIpc) is 2.88. The summed E-state index contributed by atoms with van der Waals surface area (Å²) in [5.74, 6) is -0.409. The van der Waals surface area contributed by atoms with Crippen molar-refractivity contribution < 1.29 is 13.2 Å². The van der Waals surface area contributed by atoms with E-state index in [1.807, 2.05) is 6.07 Å². The van der Waals surface area contributed by atoms with Gasteiger partial charge >= 0.3 is 0 Å². The summed E-state index contributed by atoms with van der Waals surface area (Å²) in [7, 11) is -3.70. The molecule has 0 atom stereocenters. The molecule has 4 rings (SSSR count). The van der Waals surface area contributed by atoms with Crippen LogP contribution in [0.5, 0.6) is 0 Å². The Hall–Kier alpha value is -2.22. The van der Waals surface area contributed by atoms with E-state index in [2.05, 4.69) is 34.1 Å². The van der Waals surface area contributed by atoms with Gasteiger partial charge in [-0.15, -0.1) is 0 Å². The highest BCUT2D eigenvalue weighted by atomic mass is 32.2. The van der Waals surface area contributed by atoms with Crippen LogP contribution in [-0.4, -0.2) is 67.7 Å². The number of carbonyl (C=O) groups is 1. The van der Waals surface area contributed by atoms with Gasteiger partial charge in [0.1, 0.15) is 4.90 Å². The van der Waals surface area contributed by atoms with Gasteiger partial charge in [-0.05, 0) is 17.7 Å². The fraction of sp³-hybridized carbons (Fsp3) is 0.350. The van der Waals surface area contributed by atoms with Crippen molar-refractivity contribution in [3.63, 3.8) is 0 Å². The number of sulfonamides is 1. The smallest absolute Gasteiger partial charge is 0.269 e. The lowest BCUT2D eigenvalue weighted by Gasteiger charge is -2.35. The minimum atomic E-state index is -3.70. The first-order valence-electron chi connectivity index (χ1n) is 9.20. The Labute approximate surface area is 160 Å². The Morgan fingerprint density at radius 3 is 2.11 bits per heavy atom. The summed E-state index contributed by atoms with van der Waals surface area (Å²) in [6.07, 6.45) is 0. The Morgan fingerprint density at radius 1 is 0.778 bits per heavy atom. The van der Waals surface area contributed by atoms with Gasteiger partial charge in [-0.3, -0.25) is 14.6 Å². The number of amides is 1. The lowest BCUT2D eigenvalue weighted by Crippen LogP contribution is -2.48. The van der Waals surface area contributed by atoms with Gasteiger partial charge in [0.05, 0.1) is 12.1 Å². The van der Waals surface area contributed by atoms with E-state index in [4.69, 9.17) is 0 Å². The van der Waals surface area contributed by atoms with Crippen molar-refractivity contribution in [3.05, 3.63) is 65.7 Å². The summed E-state index contributed by atoms with van der Waals surface area (Å²) in [5.41, 5.74) is 1.59. The summed E-state index contributed by atoms with van der Waals surface area (Å²) in [4.78, 5) is 17.2. The molecule has 2 aliphatic rings. The van der Waals surface area contributed by atoms with E-state index in [1.54, 1.807) is 18.2 Å². The maximum atomic E-state index is 12.6. The number of piperazine rings is 1. The summed E-state index contributed by atoms with van der Waals surface area (Å²) in [6, 6.07) is 16.8. The zero-order valence-corrected chi connectivity index (χ0v) is 15.9. The summed E-state index contributed by atoms with van der Waals surface area (Å²) >= 11 is 0. The third-order valence-electron chi connectivity index (χ3n) is 5.25. The maximum absolute atomic E-state index is 12.6. The van der Waals surface area contributed by atoms with Crippen molar-refractivity contribution >= 4 is 15.9 Å². The molecule has 142 valence electrons. The van der Waals surface area contributed by atoms with Gasteiger partial charge in [-0.2, -0.15) is 0 Å². The SMILES string of the molecule is O=C1c2ccccc2S(=O)(=O)N1CCN1CCN(Cc2ccccc2)CC1. The molecule has 0 aliphatic carbocycles. The molecule has 0 N–H and O–H groups in total. The summed E-state index contributed by atoms with van der Waals surface area (Å²) < 4.78 is 26.2. The summed E-state index contributed by atoms with van der Waals surface area (Å²) in [6.45, 7) is 5.34. The second-order valence-corrected chi connectivity index (χ2v) is 8.81. The highest BCUT2D eigenvalue weighted by Crippen LogP contribution is 2.29. The summed E-state index contributed by atoms with van der Waals surface area (Å²) in [5, 5.41) is 0. The van der Waals surface area contributed by atoms with E-state index in [0.29, 0.717) is 6.54 Å². The Morgan fingerprint density at radius 2 is 1.41 bits per heavy atom. The van der Waals surface area contributed by atoms with Crippen molar-refractivity contribution in [2.75, 3.05) is 39.3 Å². The van der Waals surface area contributed by atoms with Crippen LogP contribution in [0.3, 0.4) is 0 Å². The molecule has 27 heavy (non-hydrogen) atoms. The maximum Gasteiger partial charge on any atom is 0.269 e. The van der Waals surface area contributed by atoms with Gasteiger partial charge in [0.15, 0.2) is 0 Å².